The zero-order chi connectivity index (χ0) is 11.4. The van der Waals surface area contributed by atoms with Crippen molar-refractivity contribution in [2.24, 2.45) is 11.8 Å². The second kappa shape index (κ2) is 5.50. The van der Waals surface area contributed by atoms with Gasteiger partial charge in [0.1, 0.15) is 6.04 Å². The number of ether oxygens (including phenoxy) is 1. The minimum Gasteiger partial charge on any atom is -0.468 e. The first-order valence-corrected chi connectivity index (χ1v) is 5.88. The lowest BCUT2D eigenvalue weighted by Gasteiger charge is -2.36. The highest BCUT2D eigenvalue weighted by Crippen LogP contribution is 2.21. The topological polar surface area (TPSA) is 29.5 Å². The maximum Gasteiger partial charge on any atom is 0.323 e. The molecule has 1 saturated heterocycles. The summed E-state index contributed by atoms with van der Waals surface area (Å²) in [6.45, 7) is 8.50. The minimum absolute atomic E-state index is 0.0532. The lowest BCUT2D eigenvalue weighted by Crippen LogP contribution is -2.48. The minimum atomic E-state index is -0.0837. The van der Waals surface area contributed by atoms with E-state index >= 15 is 0 Å². The Hall–Kier alpha value is -0.570. The maximum absolute atomic E-state index is 11.7. The molecular formula is C12H23NO2. The molecule has 0 N–H and O–H groups in total. The van der Waals surface area contributed by atoms with E-state index in [1.165, 1.54) is 20.0 Å². The number of carbonyl (C=O) groups excluding carboxylic acids is 1. The summed E-state index contributed by atoms with van der Waals surface area (Å²) in [7, 11) is 1.48. The molecule has 3 nitrogen and oxygen atoms in total. The van der Waals surface area contributed by atoms with E-state index in [0.29, 0.717) is 5.92 Å². The molecule has 1 atom stereocenters. The van der Waals surface area contributed by atoms with E-state index in [1.807, 2.05) is 0 Å². The zero-order valence-corrected chi connectivity index (χ0v) is 10.3. The monoisotopic (exact) mass is 213 g/mol. The summed E-state index contributed by atoms with van der Waals surface area (Å²) < 4.78 is 4.87. The third-order valence-corrected chi connectivity index (χ3v) is 3.29. The van der Waals surface area contributed by atoms with Crippen molar-refractivity contribution in [2.45, 2.75) is 39.7 Å². The second-order valence-corrected chi connectivity index (χ2v) is 4.93. The number of methoxy groups -OCH3 is 1. The Morgan fingerprint density at radius 3 is 2.27 bits per heavy atom. The van der Waals surface area contributed by atoms with Crippen LogP contribution in [0.5, 0.6) is 0 Å². The Morgan fingerprint density at radius 1 is 1.33 bits per heavy atom. The molecule has 1 rings (SSSR count). The van der Waals surface area contributed by atoms with Gasteiger partial charge in [-0.25, -0.2) is 0 Å². The number of piperidine rings is 1. The van der Waals surface area contributed by atoms with E-state index in [0.717, 1.165) is 19.0 Å². The molecule has 88 valence electrons. The van der Waals surface area contributed by atoms with Crippen LogP contribution in [-0.2, 0) is 9.53 Å². The number of rotatable bonds is 3. The lowest BCUT2D eigenvalue weighted by molar-refractivity contribution is -0.149. The van der Waals surface area contributed by atoms with Crippen LogP contribution in [0.4, 0.5) is 0 Å². The third kappa shape index (κ3) is 3.20. The molecule has 1 aliphatic rings. The first-order valence-electron chi connectivity index (χ1n) is 5.88. The molecule has 0 aromatic heterocycles. The summed E-state index contributed by atoms with van der Waals surface area (Å²) in [4.78, 5) is 13.9. The first-order chi connectivity index (χ1) is 7.06. The van der Waals surface area contributed by atoms with Gasteiger partial charge in [0.15, 0.2) is 0 Å². The predicted octanol–water partition coefficient (Wildman–Crippen LogP) is 1.92. The van der Waals surface area contributed by atoms with Crippen LogP contribution in [0.2, 0.25) is 0 Å². The van der Waals surface area contributed by atoms with Gasteiger partial charge in [-0.15, -0.1) is 0 Å². The number of likely N-dealkylation sites (tertiary alicyclic amines) is 1. The first kappa shape index (κ1) is 12.5. The van der Waals surface area contributed by atoms with Crippen LogP contribution >= 0.6 is 0 Å². The predicted molar refractivity (Wildman–Crippen MR) is 60.6 cm³/mol. The molecule has 0 unspecified atom stereocenters. The van der Waals surface area contributed by atoms with Crippen molar-refractivity contribution in [2.75, 3.05) is 20.2 Å². The Morgan fingerprint density at radius 2 is 1.87 bits per heavy atom. The summed E-state index contributed by atoms with van der Waals surface area (Å²) in [5.41, 5.74) is 0. The van der Waals surface area contributed by atoms with Gasteiger partial charge >= 0.3 is 5.97 Å². The number of esters is 1. The van der Waals surface area contributed by atoms with Gasteiger partial charge in [-0.3, -0.25) is 9.69 Å². The highest BCUT2D eigenvalue weighted by Gasteiger charge is 2.31. The van der Waals surface area contributed by atoms with Gasteiger partial charge in [-0.05, 0) is 37.8 Å². The van der Waals surface area contributed by atoms with Crippen molar-refractivity contribution in [3.8, 4) is 0 Å². The molecule has 0 radical (unpaired) electrons. The summed E-state index contributed by atoms with van der Waals surface area (Å²) >= 11 is 0. The van der Waals surface area contributed by atoms with Crippen LogP contribution in [0.1, 0.15) is 33.6 Å². The lowest BCUT2D eigenvalue weighted by atomic mass is 9.94. The Kier molecular flexibility index (Phi) is 4.58. The van der Waals surface area contributed by atoms with E-state index in [-0.39, 0.29) is 12.0 Å². The molecule has 1 fully saturated rings. The summed E-state index contributed by atoms with van der Waals surface area (Å²) in [6.07, 6.45) is 2.39. The number of hydrogen-bond acceptors (Lipinski definition) is 3. The van der Waals surface area contributed by atoms with Crippen LogP contribution in [0.15, 0.2) is 0 Å². The number of hydrogen-bond donors (Lipinski definition) is 0. The molecule has 0 aromatic carbocycles. The molecule has 0 amide bonds. The second-order valence-electron chi connectivity index (χ2n) is 4.93. The van der Waals surface area contributed by atoms with E-state index in [1.54, 1.807) is 0 Å². The average Bonchev–Trinajstić information content (AvgIpc) is 2.20. The number of nitrogens with zero attached hydrogens (tertiary/aromatic N) is 1. The van der Waals surface area contributed by atoms with Crippen molar-refractivity contribution >= 4 is 5.97 Å². The molecule has 0 aliphatic carbocycles. The SMILES string of the molecule is COC(=O)[C@@H](C(C)C)N1CCC(C)CC1. The summed E-state index contributed by atoms with van der Waals surface area (Å²) in [6, 6.07) is -0.0532. The molecular weight excluding hydrogens is 190 g/mol. The fourth-order valence-corrected chi connectivity index (χ4v) is 2.27. The Balaban J connectivity index is 2.60. The summed E-state index contributed by atoms with van der Waals surface area (Å²) in [5, 5.41) is 0. The van der Waals surface area contributed by atoms with E-state index in [4.69, 9.17) is 4.74 Å². The van der Waals surface area contributed by atoms with Gasteiger partial charge in [-0.2, -0.15) is 0 Å². The van der Waals surface area contributed by atoms with Gasteiger partial charge in [0.25, 0.3) is 0 Å². The maximum atomic E-state index is 11.7. The molecule has 15 heavy (non-hydrogen) atoms. The van der Waals surface area contributed by atoms with Crippen molar-refractivity contribution in [3.05, 3.63) is 0 Å². The molecule has 1 heterocycles. The standard InChI is InChI=1S/C12H23NO2/c1-9(2)11(12(14)15-4)13-7-5-10(3)6-8-13/h9-11H,5-8H2,1-4H3/t11-/m1/s1. The molecule has 1 aliphatic heterocycles. The normalized spacial score (nSPS) is 21.7. The largest absolute Gasteiger partial charge is 0.468 e. The van der Waals surface area contributed by atoms with Gasteiger partial charge in [0.2, 0.25) is 0 Å². The van der Waals surface area contributed by atoms with Gasteiger partial charge in [0.05, 0.1) is 7.11 Å². The van der Waals surface area contributed by atoms with Crippen LogP contribution in [0, 0.1) is 11.8 Å². The molecule has 0 spiro atoms. The Labute approximate surface area is 92.8 Å². The zero-order valence-electron chi connectivity index (χ0n) is 10.3. The van der Waals surface area contributed by atoms with Crippen molar-refractivity contribution < 1.29 is 9.53 Å². The van der Waals surface area contributed by atoms with Gasteiger partial charge < -0.3 is 4.74 Å². The van der Waals surface area contributed by atoms with E-state index in [9.17, 15) is 4.79 Å². The van der Waals surface area contributed by atoms with E-state index < -0.39 is 0 Å². The van der Waals surface area contributed by atoms with Crippen LogP contribution in [0.25, 0.3) is 0 Å². The van der Waals surface area contributed by atoms with Gasteiger partial charge in [0, 0.05) is 0 Å². The van der Waals surface area contributed by atoms with Crippen LogP contribution in [0.3, 0.4) is 0 Å². The molecule has 0 aromatic rings. The quantitative estimate of drug-likeness (QED) is 0.671. The smallest absolute Gasteiger partial charge is 0.323 e. The van der Waals surface area contributed by atoms with Crippen LogP contribution < -0.4 is 0 Å². The van der Waals surface area contributed by atoms with Crippen molar-refractivity contribution in [1.29, 1.82) is 0 Å². The number of carbonyl (C=O) groups is 1. The fourth-order valence-electron chi connectivity index (χ4n) is 2.27. The molecule has 3 heteroatoms. The highest BCUT2D eigenvalue weighted by atomic mass is 16.5. The van der Waals surface area contributed by atoms with Gasteiger partial charge in [-0.1, -0.05) is 20.8 Å². The molecule has 0 bridgehead atoms. The molecule has 0 saturated carbocycles. The van der Waals surface area contributed by atoms with E-state index in [2.05, 4.69) is 25.7 Å². The summed E-state index contributed by atoms with van der Waals surface area (Å²) in [5.74, 6) is 1.04. The fraction of sp³-hybridized carbons (Fsp3) is 0.917. The highest BCUT2D eigenvalue weighted by molar-refractivity contribution is 5.75. The third-order valence-electron chi connectivity index (χ3n) is 3.29. The van der Waals surface area contributed by atoms with Crippen molar-refractivity contribution in [3.63, 3.8) is 0 Å². The van der Waals surface area contributed by atoms with Crippen LogP contribution in [-0.4, -0.2) is 37.1 Å². The van der Waals surface area contributed by atoms with Crippen molar-refractivity contribution in [1.82, 2.24) is 4.90 Å². The average molecular weight is 213 g/mol. The Bertz CT molecular complexity index is 208.